The minimum Gasteiger partial charge on any atom is -0.577 e. The van der Waals surface area contributed by atoms with Crippen LogP contribution in [0, 0.1) is 6.26 Å². The summed E-state index contributed by atoms with van der Waals surface area (Å²) in [6.07, 6.45) is 0.667. The molecule has 3 aliphatic rings. The van der Waals surface area contributed by atoms with E-state index in [0.717, 1.165) is 0 Å². The summed E-state index contributed by atoms with van der Waals surface area (Å²) in [5.41, 5.74) is 2.48. The Kier molecular flexibility index (Phi) is 5.18. The van der Waals surface area contributed by atoms with Crippen LogP contribution in [0.2, 0.25) is 0 Å². The van der Waals surface area contributed by atoms with Crippen molar-refractivity contribution in [3.63, 3.8) is 0 Å². The molecule has 0 saturated carbocycles. The SMILES string of the molecule is C=C=[C-]O[C@@H]1[C@H]2OC(C)(C)O[C@H]2O[C@@H]1[C@H]1COC(C)(C)O1.[Li+]. The van der Waals surface area contributed by atoms with Gasteiger partial charge in [-0.1, -0.05) is 0 Å². The number of hydrogen-bond acceptors (Lipinski definition) is 6. The van der Waals surface area contributed by atoms with Gasteiger partial charge < -0.3 is 28.4 Å². The van der Waals surface area contributed by atoms with Gasteiger partial charge in [-0.2, -0.15) is 0 Å². The van der Waals surface area contributed by atoms with Crippen molar-refractivity contribution in [2.24, 2.45) is 0 Å². The van der Waals surface area contributed by atoms with Gasteiger partial charge in [0.2, 0.25) is 0 Å². The molecule has 0 aromatic heterocycles. The average molecular weight is 304 g/mol. The first-order valence-corrected chi connectivity index (χ1v) is 7.07. The van der Waals surface area contributed by atoms with Crippen LogP contribution in [-0.2, 0) is 28.4 Å². The normalized spacial score (nSPS) is 41.4. The van der Waals surface area contributed by atoms with Gasteiger partial charge in [-0.15, -0.1) is 0 Å². The molecule has 7 heteroatoms. The van der Waals surface area contributed by atoms with E-state index in [4.69, 9.17) is 28.4 Å². The summed E-state index contributed by atoms with van der Waals surface area (Å²) in [6, 6.07) is 0. The first kappa shape index (κ1) is 18.1. The molecule has 3 heterocycles. The third-order valence-corrected chi connectivity index (χ3v) is 3.69. The molecule has 118 valence electrons. The molecule has 0 amide bonds. The van der Waals surface area contributed by atoms with E-state index in [0.29, 0.717) is 6.61 Å². The van der Waals surface area contributed by atoms with Crippen molar-refractivity contribution >= 4 is 0 Å². The largest absolute Gasteiger partial charge is 1.00 e. The zero-order valence-corrected chi connectivity index (χ0v) is 13.8. The Balaban J connectivity index is 0.00000176. The molecule has 3 saturated heterocycles. The summed E-state index contributed by atoms with van der Waals surface area (Å²) in [6.45, 7) is 11.3. The summed E-state index contributed by atoms with van der Waals surface area (Å²) in [7, 11) is 0. The Hall–Kier alpha value is -0.283. The van der Waals surface area contributed by atoms with E-state index in [9.17, 15) is 0 Å². The first-order valence-electron chi connectivity index (χ1n) is 7.07. The predicted octanol–water partition coefficient (Wildman–Crippen LogP) is -1.49. The van der Waals surface area contributed by atoms with E-state index in [1.54, 1.807) is 0 Å². The van der Waals surface area contributed by atoms with Gasteiger partial charge in [-0.25, -0.2) is 6.58 Å². The van der Waals surface area contributed by atoms with Gasteiger partial charge >= 0.3 is 18.9 Å². The van der Waals surface area contributed by atoms with Gasteiger partial charge in [0.25, 0.3) is 0 Å². The van der Waals surface area contributed by atoms with Gasteiger partial charge in [-0.3, -0.25) is 5.73 Å². The fraction of sp³-hybridized carbons (Fsp3) is 0.800. The molecule has 0 bridgehead atoms. The van der Waals surface area contributed by atoms with Crippen LogP contribution >= 0.6 is 0 Å². The van der Waals surface area contributed by atoms with Crippen molar-refractivity contribution in [2.75, 3.05) is 6.61 Å². The molecular formula is C15H21LiO6. The molecule has 0 radical (unpaired) electrons. The molecule has 0 aromatic carbocycles. The Morgan fingerprint density at radius 2 is 1.82 bits per heavy atom. The van der Waals surface area contributed by atoms with E-state index in [-0.39, 0.29) is 37.2 Å². The Labute approximate surface area is 142 Å². The molecule has 22 heavy (non-hydrogen) atoms. The van der Waals surface area contributed by atoms with Gasteiger partial charge in [0, 0.05) is 0 Å². The van der Waals surface area contributed by atoms with Gasteiger partial charge in [-0.05, 0) is 34.0 Å². The van der Waals surface area contributed by atoms with Crippen molar-refractivity contribution in [1.82, 2.24) is 0 Å². The molecule has 0 aliphatic carbocycles. The molecule has 5 atom stereocenters. The van der Waals surface area contributed by atoms with Crippen LogP contribution < -0.4 is 18.9 Å². The fourth-order valence-electron chi connectivity index (χ4n) is 2.92. The van der Waals surface area contributed by atoms with Crippen LogP contribution in [0.5, 0.6) is 0 Å². The zero-order valence-electron chi connectivity index (χ0n) is 13.8. The van der Waals surface area contributed by atoms with Crippen molar-refractivity contribution in [3.8, 4) is 0 Å². The summed E-state index contributed by atoms with van der Waals surface area (Å²) in [5.74, 6) is -1.33. The molecule has 0 N–H and O–H groups in total. The predicted molar refractivity (Wildman–Crippen MR) is 70.9 cm³/mol. The maximum atomic E-state index is 5.94. The fourth-order valence-corrected chi connectivity index (χ4v) is 2.92. The number of ether oxygens (including phenoxy) is 6. The molecular weight excluding hydrogens is 283 g/mol. The first-order chi connectivity index (χ1) is 9.81. The van der Waals surface area contributed by atoms with E-state index in [2.05, 4.69) is 18.6 Å². The van der Waals surface area contributed by atoms with Gasteiger partial charge in [0.1, 0.15) is 24.4 Å². The molecule has 0 aromatic rings. The monoisotopic (exact) mass is 304 g/mol. The summed E-state index contributed by atoms with van der Waals surface area (Å²) < 4.78 is 34.6. The van der Waals surface area contributed by atoms with Crippen molar-refractivity contribution in [1.29, 1.82) is 0 Å². The zero-order chi connectivity index (χ0) is 15.3. The molecule has 3 aliphatic heterocycles. The van der Waals surface area contributed by atoms with Gasteiger partial charge in [0.15, 0.2) is 17.9 Å². The van der Waals surface area contributed by atoms with Crippen LogP contribution in [0.25, 0.3) is 0 Å². The van der Waals surface area contributed by atoms with Crippen molar-refractivity contribution < 1.29 is 47.3 Å². The van der Waals surface area contributed by atoms with Gasteiger partial charge in [0.05, 0.1) is 6.61 Å². The molecule has 3 fully saturated rings. The second-order valence-electron chi connectivity index (χ2n) is 6.30. The Morgan fingerprint density at radius 3 is 2.41 bits per heavy atom. The number of rotatable bonds is 3. The Bertz CT molecular complexity index is 459. The van der Waals surface area contributed by atoms with Crippen LogP contribution in [0.1, 0.15) is 27.7 Å². The quantitative estimate of drug-likeness (QED) is 0.274. The maximum Gasteiger partial charge on any atom is 1.00 e. The molecule has 0 spiro atoms. The third kappa shape index (κ3) is 3.45. The van der Waals surface area contributed by atoms with Crippen LogP contribution in [-0.4, -0.2) is 48.9 Å². The smallest absolute Gasteiger partial charge is 0.577 e. The molecule has 3 rings (SSSR count). The number of fused-ring (bicyclic) bond motifs is 1. The minimum atomic E-state index is -0.702. The second kappa shape index (κ2) is 6.31. The minimum absolute atomic E-state index is 0. The van der Waals surface area contributed by atoms with E-state index in [1.165, 1.54) is 0 Å². The molecule has 6 nitrogen and oxygen atoms in total. The topological polar surface area (TPSA) is 55.4 Å². The summed E-state index contributed by atoms with van der Waals surface area (Å²) in [4.78, 5) is 0. The van der Waals surface area contributed by atoms with Crippen molar-refractivity contribution in [2.45, 2.75) is 70.0 Å². The van der Waals surface area contributed by atoms with E-state index >= 15 is 0 Å². The van der Waals surface area contributed by atoms with Crippen LogP contribution in [0.4, 0.5) is 0 Å². The van der Waals surface area contributed by atoms with E-state index in [1.807, 2.05) is 27.7 Å². The van der Waals surface area contributed by atoms with Crippen LogP contribution in [0.3, 0.4) is 0 Å². The van der Waals surface area contributed by atoms with Crippen molar-refractivity contribution in [3.05, 3.63) is 18.6 Å². The maximum absolute atomic E-state index is 5.94. The number of hydrogen-bond donors (Lipinski definition) is 0. The van der Waals surface area contributed by atoms with Crippen LogP contribution in [0.15, 0.2) is 12.3 Å². The molecule has 0 unspecified atom stereocenters. The second-order valence-corrected chi connectivity index (χ2v) is 6.30. The summed E-state index contributed by atoms with van der Waals surface area (Å²) >= 11 is 0. The third-order valence-electron chi connectivity index (χ3n) is 3.69. The Morgan fingerprint density at radius 1 is 1.09 bits per heavy atom. The summed E-state index contributed by atoms with van der Waals surface area (Å²) in [5, 5.41) is 0. The van der Waals surface area contributed by atoms with E-state index < -0.39 is 24.0 Å². The standard InChI is InChI=1S/C15H21O6.Li/c1-6-7-16-11-10(9-8-17-14(2,3)19-9)18-13-12(11)20-15(4,5)21-13;/h9-13H,1,8H2,2-5H3;/q-1;+1/t9-,10-,11+,12-,13-;/m1./s1. The average Bonchev–Trinajstić information content (AvgIpc) is 2.96.